The summed E-state index contributed by atoms with van der Waals surface area (Å²) in [5.41, 5.74) is 1.81. The monoisotopic (exact) mass is 218 g/mol. The Bertz CT molecular complexity index is 509. The Kier molecular flexibility index (Phi) is 2.44. The van der Waals surface area contributed by atoms with E-state index in [4.69, 9.17) is 9.52 Å². The van der Waals surface area contributed by atoms with E-state index < -0.39 is 5.97 Å². The molecule has 0 saturated carbocycles. The average Bonchev–Trinajstić information content (AvgIpc) is 2.67. The minimum atomic E-state index is -1.01. The molecule has 82 valence electrons. The van der Waals surface area contributed by atoms with Crippen LogP contribution in [0, 0.1) is 13.8 Å². The number of aromatic carboxylic acids is 1. The first-order chi connectivity index (χ1) is 7.59. The molecule has 16 heavy (non-hydrogen) atoms. The highest BCUT2D eigenvalue weighted by Crippen LogP contribution is 2.18. The van der Waals surface area contributed by atoms with Crippen molar-refractivity contribution in [2.75, 3.05) is 0 Å². The molecule has 0 fully saturated rings. The Morgan fingerprint density at radius 2 is 1.94 bits per heavy atom. The molecular formula is C11H10N2O3. The quantitative estimate of drug-likeness (QED) is 0.834. The van der Waals surface area contributed by atoms with Gasteiger partial charge in [0.25, 0.3) is 0 Å². The van der Waals surface area contributed by atoms with E-state index in [0.717, 1.165) is 5.56 Å². The van der Waals surface area contributed by atoms with Gasteiger partial charge in [0.1, 0.15) is 11.8 Å². The number of aromatic nitrogens is 2. The van der Waals surface area contributed by atoms with Gasteiger partial charge >= 0.3 is 5.97 Å². The van der Waals surface area contributed by atoms with Gasteiger partial charge in [0.05, 0.1) is 23.2 Å². The highest BCUT2D eigenvalue weighted by atomic mass is 16.4. The van der Waals surface area contributed by atoms with Crippen LogP contribution in [0.15, 0.2) is 23.0 Å². The van der Waals surface area contributed by atoms with E-state index in [2.05, 4.69) is 9.97 Å². The molecule has 2 heterocycles. The van der Waals surface area contributed by atoms with E-state index in [-0.39, 0.29) is 5.56 Å². The fraction of sp³-hybridized carbons (Fsp3) is 0.182. The number of carboxylic acid groups (broad SMARTS) is 1. The topological polar surface area (TPSA) is 76.2 Å². The predicted octanol–water partition coefficient (Wildman–Crippen LogP) is 2.05. The lowest BCUT2D eigenvalue weighted by atomic mass is 10.1. The number of carboxylic acids is 1. The van der Waals surface area contributed by atoms with Crippen molar-refractivity contribution in [3.05, 3.63) is 35.5 Å². The van der Waals surface area contributed by atoms with Crippen LogP contribution in [0.1, 0.15) is 21.7 Å². The summed E-state index contributed by atoms with van der Waals surface area (Å²) in [4.78, 5) is 19.2. The summed E-state index contributed by atoms with van der Waals surface area (Å²) in [7, 11) is 0. The molecule has 0 unspecified atom stereocenters. The first kappa shape index (κ1) is 10.4. The molecule has 0 radical (unpaired) electrons. The SMILES string of the molecule is Cc1nc(-c2ccoc2)nc(C)c1C(=O)O. The molecule has 0 atom stereocenters. The summed E-state index contributed by atoms with van der Waals surface area (Å²) in [6.07, 6.45) is 3.04. The molecule has 0 spiro atoms. The number of furan rings is 1. The molecule has 2 rings (SSSR count). The second kappa shape index (κ2) is 3.77. The molecule has 0 bridgehead atoms. The van der Waals surface area contributed by atoms with E-state index in [0.29, 0.717) is 17.2 Å². The Morgan fingerprint density at radius 3 is 2.38 bits per heavy atom. The first-order valence-electron chi connectivity index (χ1n) is 4.70. The smallest absolute Gasteiger partial charge is 0.339 e. The van der Waals surface area contributed by atoms with Crippen molar-refractivity contribution in [3.63, 3.8) is 0 Å². The van der Waals surface area contributed by atoms with Crippen molar-refractivity contribution in [1.29, 1.82) is 0 Å². The van der Waals surface area contributed by atoms with Crippen molar-refractivity contribution in [3.8, 4) is 11.4 Å². The van der Waals surface area contributed by atoms with Crippen molar-refractivity contribution >= 4 is 5.97 Å². The van der Waals surface area contributed by atoms with Crippen LogP contribution in [0.4, 0.5) is 0 Å². The highest BCUT2D eigenvalue weighted by Gasteiger charge is 2.15. The van der Waals surface area contributed by atoms with Crippen LogP contribution >= 0.6 is 0 Å². The zero-order valence-electron chi connectivity index (χ0n) is 8.89. The molecule has 0 aliphatic rings. The van der Waals surface area contributed by atoms with Crippen LogP contribution in [0.25, 0.3) is 11.4 Å². The predicted molar refractivity (Wildman–Crippen MR) is 56.2 cm³/mol. The van der Waals surface area contributed by atoms with Gasteiger partial charge in [-0.2, -0.15) is 0 Å². The van der Waals surface area contributed by atoms with Gasteiger partial charge in [-0.3, -0.25) is 0 Å². The number of hydrogen-bond donors (Lipinski definition) is 1. The summed E-state index contributed by atoms with van der Waals surface area (Å²) in [5, 5.41) is 8.97. The zero-order valence-corrected chi connectivity index (χ0v) is 8.89. The largest absolute Gasteiger partial charge is 0.478 e. The minimum Gasteiger partial charge on any atom is -0.478 e. The maximum absolute atomic E-state index is 10.9. The summed E-state index contributed by atoms with van der Waals surface area (Å²) < 4.78 is 4.93. The van der Waals surface area contributed by atoms with Crippen molar-refractivity contribution in [2.45, 2.75) is 13.8 Å². The highest BCUT2D eigenvalue weighted by molar-refractivity contribution is 5.90. The van der Waals surface area contributed by atoms with E-state index in [1.54, 1.807) is 19.9 Å². The summed E-state index contributed by atoms with van der Waals surface area (Å²) in [6, 6.07) is 1.73. The minimum absolute atomic E-state index is 0.159. The molecule has 2 aromatic rings. The molecule has 0 aliphatic heterocycles. The third-order valence-corrected chi connectivity index (χ3v) is 2.26. The molecule has 0 aliphatic carbocycles. The van der Waals surface area contributed by atoms with E-state index >= 15 is 0 Å². The Morgan fingerprint density at radius 1 is 1.31 bits per heavy atom. The van der Waals surface area contributed by atoms with Gasteiger partial charge in [0.15, 0.2) is 5.82 Å². The second-order valence-electron chi connectivity index (χ2n) is 3.41. The maximum atomic E-state index is 10.9. The molecular weight excluding hydrogens is 208 g/mol. The maximum Gasteiger partial charge on any atom is 0.339 e. The van der Waals surface area contributed by atoms with E-state index in [1.165, 1.54) is 12.5 Å². The van der Waals surface area contributed by atoms with Gasteiger partial charge in [-0.15, -0.1) is 0 Å². The molecule has 1 N–H and O–H groups in total. The Hall–Kier alpha value is -2.17. The van der Waals surface area contributed by atoms with Crippen molar-refractivity contribution in [2.24, 2.45) is 0 Å². The Balaban J connectivity index is 2.58. The number of nitrogens with zero attached hydrogens (tertiary/aromatic N) is 2. The third-order valence-electron chi connectivity index (χ3n) is 2.26. The first-order valence-corrected chi connectivity index (χ1v) is 4.70. The van der Waals surface area contributed by atoms with Gasteiger partial charge in [-0.25, -0.2) is 14.8 Å². The van der Waals surface area contributed by atoms with Gasteiger partial charge in [-0.1, -0.05) is 0 Å². The summed E-state index contributed by atoms with van der Waals surface area (Å²) in [5.74, 6) is -0.525. The van der Waals surface area contributed by atoms with Gasteiger partial charge in [0, 0.05) is 0 Å². The van der Waals surface area contributed by atoms with E-state index in [1.807, 2.05) is 0 Å². The van der Waals surface area contributed by atoms with Gasteiger partial charge in [-0.05, 0) is 19.9 Å². The van der Waals surface area contributed by atoms with Gasteiger partial charge in [0.2, 0.25) is 0 Å². The standard InChI is InChI=1S/C11H10N2O3/c1-6-9(11(14)15)7(2)13-10(12-6)8-3-4-16-5-8/h3-5H,1-2H3,(H,14,15). The molecule has 5 nitrogen and oxygen atoms in total. The van der Waals surface area contributed by atoms with E-state index in [9.17, 15) is 4.79 Å². The molecule has 0 amide bonds. The lowest BCUT2D eigenvalue weighted by Gasteiger charge is -2.05. The van der Waals surface area contributed by atoms with Gasteiger partial charge < -0.3 is 9.52 Å². The zero-order chi connectivity index (χ0) is 11.7. The number of hydrogen-bond acceptors (Lipinski definition) is 4. The lowest BCUT2D eigenvalue weighted by molar-refractivity contribution is 0.0694. The number of carbonyl (C=O) groups is 1. The summed E-state index contributed by atoms with van der Waals surface area (Å²) in [6.45, 7) is 3.31. The van der Waals surface area contributed by atoms with Crippen LogP contribution in [-0.2, 0) is 0 Å². The number of aryl methyl sites for hydroxylation is 2. The van der Waals surface area contributed by atoms with Crippen molar-refractivity contribution in [1.82, 2.24) is 9.97 Å². The van der Waals surface area contributed by atoms with Crippen molar-refractivity contribution < 1.29 is 14.3 Å². The van der Waals surface area contributed by atoms with Crippen LogP contribution in [0.5, 0.6) is 0 Å². The number of rotatable bonds is 2. The van der Waals surface area contributed by atoms with Crippen LogP contribution in [0.3, 0.4) is 0 Å². The molecule has 0 aromatic carbocycles. The Labute approximate surface area is 91.8 Å². The normalized spacial score (nSPS) is 10.4. The van der Waals surface area contributed by atoms with Crippen LogP contribution < -0.4 is 0 Å². The molecule has 0 saturated heterocycles. The fourth-order valence-electron chi connectivity index (χ4n) is 1.55. The van der Waals surface area contributed by atoms with Crippen LogP contribution in [-0.4, -0.2) is 21.0 Å². The molecule has 2 aromatic heterocycles. The third kappa shape index (κ3) is 1.67. The summed E-state index contributed by atoms with van der Waals surface area (Å²) >= 11 is 0. The van der Waals surface area contributed by atoms with Crippen LogP contribution in [0.2, 0.25) is 0 Å². The lowest BCUT2D eigenvalue weighted by Crippen LogP contribution is -2.08. The fourth-order valence-corrected chi connectivity index (χ4v) is 1.55. The molecule has 5 heteroatoms. The average molecular weight is 218 g/mol. The second-order valence-corrected chi connectivity index (χ2v) is 3.41.